The van der Waals surface area contributed by atoms with E-state index in [1.165, 1.54) is 6.92 Å². The molecule has 0 radical (unpaired) electrons. The molecule has 0 aliphatic carbocycles. The Kier molecular flexibility index (Phi) is 6.05. The first kappa shape index (κ1) is 10.9. The number of hydrogen-bond acceptors (Lipinski definition) is 2. The summed E-state index contributed by atoms with van der Waals surface area (Å²) in [6.07, 6.45) is 2.03. The molecule has 0 aromatic rings. The van der Waals surface area contributed by atoms with Crippen molar-refractivity contribution in [2.45, 2.75) is 26.7 Å². The van der Waals surface area contributed by atoms with Crippen molar-refractivity contribution in [2.24, 2.45) is 0 Å². The molecule has 4 heteroatoms. The monoisotopic (exact) mass is 172 g/mol. The second-order valence-electron chi connectivity index (χ2n) is 2.61. The molecule has 0 aromatic carbocycles. The molecule has 0 saturated carbocycles. The smallest absolute Gasteiger partial charge is 0.239 e. The average Bonchev–Trinajstić information content (AvgIpc) is 2.01. The third kappa shape index (κ3) is 7.05. The van der Waals surface area contributed by atoms with Crippen molar-refractivity contribution in [3.8, 4) is 0 Å². The Morgan fingerprint density at radius 2 is 1.92 bits per heavy atom. The predicted molar refractivity (Wildman–Crippen MR) is 46.6 cm³/mol. The summed E-state index contributed by atoms with van der Waals surface area (Å²) in [6, 6.07) is 0. The molecule has 0 bridgehead atoms. The van der Waals surface area contributed by atoms with E-state index in [4.69, 9.17) is 0 Å². The van der Waals surface area contributed by atoms with E-state index in [2.05, 4.69) is 17.6 Å². The van der Waals surface area contributed by atoms with Crippen LogP contribution < -0.4 is 10.6 Å². The molecule has 0 fully saturated rings. The molecule has 0 aromatic heterocycles. The van der Waals surface area contributed by atoms with Crippen LogP contribution in [-0.4, -0.2) is 24.9 Å². The maximum Gasteiger partial charge on any atom is 0.239 e. The van der Waals surface area contributed by atoms with Crippen LogP contribution in [0.1, 0.15) is 26.7 Å². The lowest BCUT2D eigenvalue weighted by molar-refractivity contribution is -0.125. The molecular weight excluding hydrogens is 156 g/mol. The number of carbonyl (C=O) groups is 2. The molecule has 2 amide bonds. The second kappa shape index (κ2) is 6.64. The van der Waals surface area contributed by atoms with Crippen LogP contribution in [0.25, 0.3) is 0 Å². The molecular formula is C8H16N2O2. The summed E-state index contributed by atoms with van der Waals surface area (Å²) >= 11 is 0. The fourth-order valence-electron chi connectivity index (χ4n) is 0.672. The van der Waals surface area contributed by atoms with Gasteiger partial charge in [-0.1, -0.05) is 13.3 Å². The van der Waals surface area contributed by atoms with Gasteiger partial charge >= 0.3 is 0 Å². The molecule has 0 atom stereocenters. The molecule has 0 aliphatic rings. The highest BCUT2D eigenvalue weighted by Gasteiger charge is 1.99. The van der Waals surface area contributed by atoms with Crippen molar-refractivity contribution in [1.29, 1.82) is 0 Å². The average molecular weight is 172 g/mol. The molecule has 0 saturated heterocycles. The molecule has 0 aliphatic heterocycles. The van der Waals surface area contributed by atoms with Gasteiger partial charge < -0.3 is 10.6 Å². The molecule has 0 unspecified atom stereocenters. The number of amides is 2. The van der Waals surface area contributed by atoms with Gasteiger partial charge in [-0.3, -0.25) is 9.59 Å². The normalized spacial score (nSPS) is 9.17. The van der Waals surface area contributed by atoms with E-state index < -0.39 is 0 Å². The first-order valence-corrected chi connectivity index (χ1v) is 4.18. The van der Waals surface area contributed by atoms with Crippen molar-refractivity contribution in [2.75, 3.05) is 13.1 Å². The van der Waals surface area contributed by atoms with E-state index in [1.54, 1.807) is 0 Å². The summed E-state index contributed by atoms with van der Waals surface area (Å²) in [4.78, 5) is 21.3. The fraction of sp³-hybridized carbons (Fsp3) is 0.750. The summed E-state index contributed by atoms with van der Waals surface area (Å²) in [5, 5.41) is 5.11. The number of rotatable bonds is 5. The number of hydrogen-bond donors (Lipinski definition) is 2. The van der Waals surface area contributed by atoms with E-state index in [1.807, 2.05) is 0 Å². The Morgan fingerprint density at radius 3 is 2.42 bits per heavy atom. The first-order valence-electron chi connectivity index (χ1n) is 4.18. The van der Waals surface area contributed by atoms with E-state index in [0.29, 0.717) is 6.54 Å². The van der Waals surface area contributed by atoms with Crippen molar-refractivity contribution in [1.82, 2.24) is 10.6 Å². The summed E-state index contributed by atoms with van der Waals surface area (Å²) in [5.74, 6) is -0.306. The van der Waals surface area contributed by atoms with Crippen LogP contribution in [0.3, 0.4) is 0 Å². The van der Waals surface area contributed by atoms with Crippen molar-refractivity contribution in [3.05, 3.63) is 0 Å². The lowest BCUT2D eigenvalue weighted by Gasteiger charge is -2.03. The van der Waals surface area contributed by atoms with Crippen LogP contribution in [0.5, 0.6) is 0 Å². The number of carbonyl (C=O) groups excluding carboxylic acids is 2. The summed E-state index contributed by atoms with van der Waals surface area (Å²) in [7, 11) is 0. The van der Waals surface area contributed by atoms with Gasteiger partial charge in [0.2, 0.25) is 11.8 Å². The number of nitrogens with one attached hydrogen (secondary N) is 2. The van der Waals surface area contributed by atoms with Crippen molar-refractivity contribution >= 4 is 11.8 Å². The fourth-order valence-corrected chi connectivity index (χ4v) is 0.672. The van der Waals surface area contributed by atoms with Gasteiger partial charge in [-0.2, -0.15) is 0 Å². The molecule has 0 rings (SSSR count). The van der Waals surface area contributed by atoms with Crippen LogP contribution in [0.2, 0.25) is 0 Å². The predicted octanol–water partition coefficient (Wildman–Crippen LogP) is 0.0388. The lowest BCUT2D eigenvalue weighted by atomic mass is 10.3. The van der Waals surface area contributed by atoms with Gasteiger partial charge in [0.25, 0.3) is 0 Å². The minimum atomic E-state index is -0.180. The van der Waals surface area contributed by atoms with Gasteiger partial charge in [0.15, 0.2) is 0 Å². The molecule has 0 spiro atoms. The van der Waals surface area contributed by atoms with Crippen molar-refractivity contribution in [3.63, 3.8) is 0 Å². The first-order chi connectivity index (χ1) is 5.66. The van der Waals surface area contributed by atoms with E-state index >= 15 is 0 Å². The molecule has 0 heterocycles. The Morgan fingerprint density at radius 1 is 1.25 bits per heavy atom. The maximum absolute atomic E-state index is 10.9. The highest BCUT2D eigenvalue weighted by molar-refractivity contribution is 5.83. The van der Waals surface area contributed by atoms with Crippen molar-refractivity contribution < 1.29 is 9.59 Å². The number of unbranched alkanes of at least 4 members (excludes halogenated alkanes) is 1. The third-order valence-corrected chi connectivity index (χ3v) is 1.35. The van der Waals surface area contributed by atoms with Crippen LogP contribution in [0, 0.1) is 0 Å². The Balaban J connectivity index is 3.28. The quantitative estimate of drug-likeness (QED) is 0.575. The molecule has 2 N–H and O–H groups in total. The summed E-state index contributed by atoms with van der Waals surface area (Å²) < 4.78 is 0. The topological polar surface area (TPSA) is 58.2 Å². The van der Waals surface area contributed by atoms with E-state index in [9.17, 15) is 9.59 Å². The van der Waals surface area contributed by atoms with Gasteiger partial charge in [0, 0.05) is 13.5 Å². The van der Waals surface area contributed by atoms with Crippen LogP contribution in [0.15, 0.2) is 0 Å². The zero-order valence-electron chi connectivity index (χ0n) is 7.64. The maximum atomic E-state index is 10.9. The zero-order chi connectivity index (χ0) is 9.40. The van der Waals surface area contributed by atoms with Crippen LogP contribution >= 0.6 is 0 Å². The van der Waals surface area contributed by atoms with Gasteiger partial charge in [-0.25, -0.2) is 0 Å². The SMILES string of the molecule is CCCCNC(=O)CNC(C)=O. The summed E-state index contributed by atoms with van der Waals surface area (Å²) in [6.45, 7) is 4.22. The van der Waals surface area contributed by atoms with Gasteiger partial charge in [-0.05, 0) is 6.42 Å². The molecule has 70 valence electrons. The standard InChI is InChI=1S/C8H16N2O2/c1-3-4-5-9-8(12)6-10-7(2)11/h3-6H2,1-2H3,(H,9,12)(H,10,11). The minimum Gasteiger partial charge on any atom is -0.355 e. The Bertz CT molecular complexity index is 157. The lowest BCUT2D eigenvalue weighted by Crippen LogP contribution is -2.36. The van der Waals surface area contributed by atoms with E-state index in [0.717, 1.165) is 12.8 Å². The third-order valence-electron chi connectivity index (χ3n) is 1.35. The van der Waals surface area contributed by atoms with Gasteiger partial charge in [-0.15, -0.1) is 0 Å². The minimum absolute atomic E-state index is 0.0824. The van der Waals surface area contributed by atoms with E-state index in [-0.39, 0.29) is 18.4 Å². The largest absolute Gasteiger partial charge is 0.355 e. The summed E-state index contributed by atoms with van der Waals surface area (Å²) in [5.41, 5.74) is 0. The van der Waals surface area contributed by atoms with Gasteiger partial charge in [0.1, 0.15) is 0 Å². The Labute approximate surface area is 72.7 Å². The highest BCUT2D eigenvalue weighted by atomic mass is 16.2. The molecule has 4 nitrogen and oxygen atoms in total. The highest BCUT2D eigenvalue weighted by Crippen LogP contribution is 1.81. The van der Waals surface area contributed by atoms with Gasteiger partial charge in [0.05, 0.1) is 6.54 Å². The van der Waals surface area contributed by atoms with Crippen LogP contribution in [-0.2, 0) is 9.59 Å². The molecule has 12 heavy (non-hydrogen) atoms. The Hall–Kier alpha value is -1.06. The second-order valence-corrected chi connectivity index (χ2v) is 2.61. The zero-order valence-corrected chi connectivity index (χ0v) is 7.64. The van der Waals surface area contributed by atoms with Crippen LogP contribution in [0.4, 0.5) is 0 Å².